The molecule has 0 aliphatic rings. The standard InChI is InChI=1S/C18H19N3O3/c1-11-5-6-15(9-12(11)2)14(4)19-20-18(22)16-7-8-17(21(23)24)13(3)10-16/h5-10H,1-4H3,(H,20,22). The maximum atomic E-state index is 12.1. The molecule has 0 spiro atoms. The number of hydrogen-bond donors (Lipinski definition) is 1. The fourth-order valence-corrected chi connectivity index (χ4v) is 2.23. The lowest BCUT2D eigenvalue weighted by atomic mass is 10.0. The zero-order valence-electron chi connectivity index (χ0n) is 14.1. The van der Waals surface area contributed by atoms with E-state index in [1.54, 1.807) is 6.92 Å². The SMILES string of the molecule is CC(=NNC(=O)c1ccc([N+](=O)[O-])c(C)c1)c1ccc(C)c(C)c1. The van der Waals surface area contributed by atoms with Crippen LogP contribution in [0.5, 0.6) is 0 Å². The smallest absolute Gasteiger partial charge is 0.267 e. The van der Waals surface area contributed by atoms with Crippen molar-refractivity contribution >= 4 is 17.3 Å². The second kappa shape index (κ2) is 7.04. The van der Waals surface area contributed by atoms with E-state index in [0.29, 0.717) is 16.8 Å². The lowest BCUT2D eigenvalue weighted by molar-refractivity contribution is -0.385. The van der Waals surface area contributed by atoms with Crippen LogP contribution in [0, 0.1) is 30.9 Å². The first kappa shape index (κ1) is 17.3. The second-order valence-corrected chi connectivity index (χ2v) is 5.70. The Morgan fingerprint density at radius 3 is 2.21 bits per heavy atom. The Labute approximate surface area is 140 Å². The molecule has 0 aromatic heterocycles. The predicted molar refractivity (Wildman–Crippen MR) is 93.4 cm³/mol. The molecule has 0 unspecified atom stereocenters. The Morgan fingerprint density at radius 1 is 1.00 bits per heavy atom. The maximum Gasteiger partial charge on any atom is 0.272 e. The molecular formula is C18H19N3O3. The molecule has 0 fully saturated rings. The number of rotatable bonds is 4. The number of carbonyl (C=O) groups excluding carboxylic acids is 1. The van der Waals surface area contributed by atoms with Gasteiger partial charge in [-0.15, -0.1) is 0 Å². The summed E-state index contributed by atoms with van der Waals surface area (Å²) in [6.45, 7) is 7.46. The Morgan fingerprint density at radius 2 is 1.62 bits per heavy atom. The number of nitrogens with zero attached hydrogens (tertiary/aromatic N) is 2. The van der Waals surface area contributed by atoms with E-state index in [2.05, 4.69) is 10.5 Å². The quantitative estimate of drug-likeness (QED) is 0.529. The number of carbonyl (C=O) groups is 1. The van der Waals surface area contributed by atoms with E-state index in [0.717, 1.165) is 11.1 Å². The van der Waals surface area contributed by atoms with Crippen molar-refractivity contribution in [2.24, 2.45) is 5.10 Å². The van der Waals surface area contributed by atoms with Gasteiger partial charge in [-0.1, -0.05) is 12.1 Å². The molecule has 0 saturated heterocycles. The highest BCUT2D eigenvalue weighted by atomic mass is 16.6. The van der Waals surface area contributed by atoms with Gasteiger partial charge in [-0.25, -0.2) is 5.43 Å². The Kier molecular flexibility index (Phi) is 5.08. The predicted octanol–water partition coefficient (Wildman–Crippen LogP) is 3.67. The minimum Gasteiger partial charge on any atom is -0.267 e. The number of hydrogen-bond acceptors (Lipinski definition) is 4. The van der Waals surface area contributed by atoms with Crippen molar-refractivity contribution in [1.82, 2.24) is 5.43 Å². The first-order valence-corrected chi connectivity index (χ1v) is 7.47. The molecule has 24 heavy (non-hydrogen) atoms. The van der Waals surface area contributed by atoms with Gasteiger partial charge in [0.05, 0.1) is 10.6 Å². The van der Waals surface area contributed by atoms with Crippen LogP contribution in [0.2, 0.25) is 0 Å². The van der Waals surface area contributed by atoms with Gasteiger partial charge in [0.25, 0.3) is 11.6 Å². The van der Waals surface area contributed by atoms with Crippen LogP contribution >= 0.6 is 0 Å². The molecule has 2 aromatic rings. The summed E-state index contributed by atoms with van der Waals surface area (Å²) in [5, 5.41) is 14.9. The van der Waals surface area contributed by atoms with Gasteiger partial charge in [0.1, 0.15) is 0 Å². The van der Waals surface area contributed by atoms with Gasteiger partial charge in [0.15, 0.2) is 0 Å². The number of hydrazone groups is 1. The van der Waals surface area contributed by atoms with Crippen molar-refractivity contribution in [3.8, 4) is 0 Å². The average molecular weight is 325 g/mol. The third kappa shape index (κ3) is 3.84. The van der Waals surface area contributed by atoms with E-state index < -0.39 is 10.8 Å². The van der Waals surface area contributed by atoms with Crippen LogP contribution < -0.4 is 5.43 Å². The second-order valence-electron chi connectivity index (χ2n) is 5.70. The third-order valence-corrected chi connectivity index (χ3v) is 3.91. The molecule has 0 saturated carbocycles. The highest BCUT2D eigenvalue weighted by Crippen LogP contribution is 2.18. The maximum absolute atomic E-state index is 12.1. The van der Waals surface area contributed by atoms with Gasteiger partial charge < -0.3 is 0 Å². The van der Waals surface area contributed by atoms with Gasteiger partial charge in [-0.2, -0.15) is 5.10 Å². The monoisotopic (exact) mass is 325 g/mol. The van der Waals surface area contributed by atoms with E-state index in [-0.39, 0.29) is 5.69 Å². The van der Waals surface area contributed by atoms with Gasteiger partial charge in [-0.05, 0) is 62.6 Å². The van der Waals surface area contributed by atoms with Crippen LogP contribution in [0.3, 0.4) is 0 Å². The molecule has 0 aliphatic carbocycles. The fraction of sp³-hybridized carbons (Fsp3) is 0.222. The number of nitro benzene ring substituents is 1. The summed E-state index contributed by atoms with van der Waals surface area (Å²) in [4.78, 5) is 22.5. The van der Waals surface area contributed by atoms with E-state index >= 15 is 0 Å². The van der Waals surface area contributed by atoms with Crippen LogP contribution in [-0.4, -0.2) is 16.5 Å². The van der Waals surface area contributed by atoms with Crippen LogP contribution in [0.25, 0.3) is 0 Å². The molecule has 2 aromatic carbocycles. The molecular weight excluding hydrogens is 306 g/mol. The Bertz CT molecular complexity index is 841. The Balaban J connectivity index is 2.15. The zero-order chi connectivity index (χ0) is 17.9. The van der Waals surface area contributed by atoms with Gasteiger partial charge in [0, 0.05) is 17.2 Å². The molecule has 0 aliphatic heterocycles. The molecule has 124 valence electrons. The van der Waals surface area contributed by atoms with Crippen LogP contribution in [0.4, 0.5) is 5.69 Å². The fourth-order valence-electron chi connectivity index (χ4n) is 2.23. The van der Waals surface area contributed by atoms with E-state index in [4.69, 9.17) is 0 Å². The number of nitro groups is 1. The minimum atomic E-state index is -0.473. The summed E-state index contributed by atoms with van der Waals surface area (Å²) in [6, 6.07) is 10.2. The summed E-state index contributed by atoms with van der Waals surface area (Å²) in [7, 11) is 0. The van der Waals surface area contributed by atoms with Crippen molar-refractivity contribution in [2.75, 3.05) is 0 Å². The molecule has 1 N–H and O–H groups in total. The molecule has 6 heteroatoms. The van der Waals surface area contributed by atoms with Crippen molar-refractivity contribution in [1.29, 1.82) is 0 Å². The summed E-state index contributed by atoms with van der Waals surface area (Å²) in [5.74, 6) is -0.406. The van der Waals surface area contributed by atoms with Gasteiger partial charge >= 0.3 is 0 Å². The third-order valence-electron chi connectivity index (χ3n) is 3.91. The molecule has 0 atom stereocenters. The van der Waals surface area contributed by atoms with E-state index in [1.807, 2.05) is 39.0 Å². The molecule has 0 heterocycles. The van der Waals surface area contributed by atoms with Crippen molar-refractivity contribution in [3.63, 3.8) is 0 Å². The molecule has 2 rings (SSSR count). The Hall–Kier alpha value is -3.02. The van der Waals surface area contributed by atoms with Gasteiger partial charge in [-0.3, -0.25) is 14.9 Å². The van der Waals surface area contributed by atoms with E-state index in [1.165, 1.54) is 23.8 Å². The first-order chi connectivity index (χ1) is 11.3. The summed E-state index contributed by atoms with van der Waals surface area (Å²) >= 11 is 0. The number of benzene rings is 2. The van der Waals surface area contributed by atoms with Crippen molar-refractivity contribution in [2.45, 2.75) is 27.7 Å². The first-order valence-electron chi connectivity index (χ1n) is 7.47. The summed E-state index contributed by atoms with van der Waals surface area (Å²) in [6.07, 6.45) is 0. The minimum absolute atomic E-state index is 0.0126. The molecule has 6 nitrogen and oxygen atoms in total. The summed E-state index contributed by atoms with van der Waals surface area (Å²) in [5.41, 5.74) is 7.19. The molecule has 0 bridgehead atoms. The van der Waals surface area contributed by atoms with E-state index in [9.17, 15) is 14.9 Å². The van der Waals surface area contributed by atoms with Crippen LogP contribution in [0.1, 0.15) is 39.5 Å². The average Bonchev–Trinajstić information content (AvgIpc) is 2.54. The number of aryl methyl sites for hydroxylation is 3. The topological polar surface area (TPSA) is 84.6 Å². The number of nitrogens with one attached hydrogen (secondary N) is 1. The van der Waals surface area contributed by atoms with Crippen LogP contribution in [0.15, 0.2) is 41.5 Å². The van der Waals surface area contributed by atoms with Gasteiger partial charge in [0.2, 0.25) is 0 Å². The highest BCUT2D eigenvalue weighted by molar-refractivity contribution is 6.01. The summed E-state index contributed by atoms with van der Waals surface area (Å²) < 4.78 is 0. The lowest BCUT2D eigenvalue weighted by Gasteiger charge is -2.06. The van der Waals surface area contributed by atoms with Crippen molar-refractivity contribution in [3.05, 3.63) is 74.3 Å². The highest BCUT2D eigenvalue weighted by Gasteiger charge is 2.13. The zero-order valence-corrected chi connectivity index (χ0v) is 14.1. The molecule has 0 radical (unpaired) electrons. The normalized spacial score (nSPS) is 11.2. The number of amides is 1. The van der Waals surface area contributed by atoms with Crippen molar-refractivity contribution < 1.29 is 9.72 Å². The molecule has 1 amide bonds. The lowest BCUT2D eigenvalue weighted by Crippen LogP contribution is -2.19. The van der Waals surface area contributed by atoms with Crippen LogP contribution in [-0.2, 0) is 0 Å². The largest absolute Gasteiger partial charge is 0.272 e.